The molecule has 0 unspecified atom stereocenters. The van der Waals surface area contributed by atoms with E-state index < -0.39 is 0 Å². The first-order chi connectivity index (χ1) is 12.8. The molecule has 4 rings (SSSR count). The Morgan fingerprint density at radius 3 is 2.69 bits per heavy atom. The van der Waals surface area contributed by atoms with Gasteiger partial charge in [0.2, 0.25) is 0 Å². The molecule has 0 aromatic carbocycles. The molecule has 0 amide bonds. The predicted molar refractivity (Wildman–Crippen MR) is 102 cm³/mol. The highest BCUT2D eigenvalue weighted by Crippen LogP contribution is 2.24. The van der Waals surface area contributed by atoms with Crippen molar-refractivity contribution in [2.75, 3.05) is 24.5 Å². The average molecular weight is 348 g/mol. The molecule has 0 N–H and O–H groups in total. The number of hydrogen-bond donors (Lipinski definition) is 0. The molecule has 134 valence electrons. The molecule has 0 atom stereocenters. The summed E-state index contributed by atoms with van der Waals surface area (Å²) in [5.41, 5.74) is 3.66. The van der Waals surface area contributed by atoms with Crippen LogP contribution >= 0.6 is 0 Å². The van der Waals surface area contributed by atoms with Crippen LogP contribution in [0.5, 0.6) is 0 Å². The first kappa shape index (κ1) is 16.7. The molecule has 0 radical (unpaired) electrons. The van der Waals surface area contributed by atoms with Crippen LogP contribution in [0.3, 0.4) is 0 Å². The zero-order chi connectivity index (χ0) is 17.8. The minimum Gasteiger partial charge on any atom is -0.353 e. The van der Waals surface area contributed by atoms with E-state index in [0.29, 0.717) is 0 Å². The van der Waals surface area contributed by atoms with Crippen LogP contribution in [-0.4, -0.2) is 44.3 Å². The van der Waals surface area contributed by atoms with E-state index in [1.54, 1.807) is 0 Å². The fraction of sp³-hybridized carbons (Fsp3) is 0.350. The molecule has 0 aliphatic carbocycles. The van der Waals surface area contributed by atoms with Crippen LogP contribution in [0.1, 0.15) is 16.8 Å². The van der Waals surface area contributed by atoms with Crippen molar-refractivity contribution in [3.05, 3.63) is 71.9 Å². The molecule has 3 aromatic rings. The molecule has 6 heteroatoms. The minimum atomic E-state index is 0.867. The quantitative estimate of drug-likeness (QED) is 0.709. The molecule has 0 fully saturated rings. The van der Waals surface area contributed by atoms with Gasteiger partial charge in [-0.1, -0.05) is 6.07 Å². The second-order valence-corrected chi connectivity index (χ2v) is 6.76. The highest BCUT2D eigenvalue weighted by Gasteiger charge is 2.21. The van der Waals surface area contributed by atoms with Gasteiger partial charge in [0.05, 0.1) is 6.54 Å². The van der Waals surface area contributed by atoms with Crippen LogP contribution in [0.2, 0.25) is 0 Å². The fourth-order valence-corrected chi connectivity index (χ4v) is 3.41. The van der Waals surface area contributed by atoms with Gasteiger partial charge >= 0.3 is 0 Å². The number of pyridine rings is 2. The van der Waals surface area contributed by atoms with Crippen LogP contribution in [0, 0.1) is 6.92 Å². The third-order valence-corrected chi connectivity index (χ3v) is 4.79. The number of aromatic nitrogens is 4. The molecular formula is C20H24N6. The van der Waals surface area contributed by atoms with Crippen LogP contribution in [0.25, 0.3) is 0 Å². The number of hydrogen-bond acceptors (Lipinski definition) is 5. The van der Waals surface area contributed by atoms with Gasteiger partial charge in [0.1, 0.15) is 5.82 Å². The summed E-state index contributed by atoms with van der Waals surface area (Å²) in [6.45, 7) is 7.67. The third-order valence-electron chi connectivity index (χ3n) is 4.79. The lowest BCUT2D eigenvalue weighted by molar-refractivity contribution is 0.268. The maximum Gasteiger partial charge on any atom is 0.133 e. The van der Waals surface area contributed by atoms with E-state index in [9.17, 15) is 0 Å². The third kappa shape index (κ3) is 3.91. The molecule has 0 saturated carbocycles. The molecule has 0 bridgehead atoms. The summed E-state index contributed by atoms with van der Waals surface area (Å²) in [5, 5.41) is 4.32. The molecule has 26 heavy (non-hydrogen) atoms. The van der Waals surface area contributed by atoms with Gasteiger partial charge in [0.15, 0.2) is 0 Å². The minimum absolute atomic E-state index is 0.867. The monoisotopic (exact) mass is 348 g/mol. The SMILES string of the molecule is Cc1ccc2c(n1)N(CCn1cccn1)CCN(Cc1ccncc1)C2. The van der Waals surface area contributed by atoms with E-state index in [1.807, 2.05) is 35.5 Å². The largest absolute Gasteiger partial charge is 0.353 e. The molecular weight excluding hydrogens is 324 g/mol. The van der Waals surface area contributed by atoms with Crippen molar-refractivity contribution >= 4 is 5.82 Å². The smallest absolute Gasteiger partial charge is 0.133 e. The van der Waals surface area contributed by atoms with E-state index in [0.717, 1.165) is 50.8 Å². The lowest BCUT2D eigenvalue weighted by atomic mass is 10.2. The number of rotatable bonds is 5. The van der Waals surface area contributed by atoms with E-state index >= 15 is 0 Å². The van der Waals surface area contributed by atoms with E-state index in [4.69, 9.17) is 4.98 Å². The van der Waals surface area contributed by atoms with Crippen molar-refractivity contribution < 1.29 is 0 Å². The molecule has 3 aromatic heterocycles. The summed E-state index contributed by atoms with van der Waals surface area (Å²) in [6, 6.07) is 10.5. The van der Waals surface area contributed by atoms with Gasteiger partial charge in [-0.05, 0) is 36.8 Å². The zero-order valence-corrected chi connectivity index (χ0v) is 15.1. The molecule has 1 aliphatic heterocycles. The molecule has 0 spiro atoms. The van der Waals surface area contributed by atoms with E-state index in [2.05, 4.69) is 51.1 Å². The number of nitrogens with zero attached hydrogens (tertiary/aromatic N) is 6. The summed E-state index contributed by atoms with van der Waals surface area (Å²) < 4.78 is 1.98. The number of anilines is 1. The summed E-state index contributed by atoms with van der Waals surface area (Å²) >= 11 is 0. The summed E-state index contributed by atoms with van der Waals surface area (Å²) in [7, 11) is 0. The average Bonchev–Trinajstić information content (AvgIpc) is 3.12. The van der Waals surface area contributed by atoms with Gasteiger partial charge in [-0.15, -0.1) is 0 Å². The summed E-state index contributed by atoms with van der Waals surface area (Å²) in [6.07, 6.45) is 7.57. The van der Waals surface area contributed by atoms with Crippen LogP contribution in [0.4, 0.5) is 5.82 Å². The number of aryl methyl sites for hydroxylation is 1. The standard InChI is InChI=1S/C20H24N6/c1-17-3-4-19-16-24(15-18-5-8-21-9-6-18)11-12-25(20(19)23-17)13-14-26-10-2-7-22-26/h2-10H,11-16H2,1H3. The van der Waals surface area contributed by atoms with Crippen LogP contribution in [0.15, 0.2) is 55.1 Å². The Balaban J connectivity index is 1.53. The van der Waals surface area contributed by atoms with Crippen molar-refractivity contribution in [3.8, 4) is 0 Å². The highest BCUT2D eigenvalue weighted by atomic mass is 15.3. The first-order valence-corrected chi connectivity index (χ1v) is 9.08. The topological polar surface area (TPSA) is 50.1 Å². The van der Waals surface area contributed by atoms with Crippen molar-refractivity contribution in [2.45, 2.75) is 26.6 Å². The second-order valence-electron chi connectivity index (χ2n) is 6.76. The van der Waals surface area contributed by atoms with Gasteiger partial charge < -0.3 is 4.90 Å². The van der Waals surface area contributed by atoms with Crippen LogP contribution < -0.4 is 4.90 Å². The lowest BCUT2D eigenvalue weighted by Crippen LogP contribution is -2.34. The Hall–Kier alpha value is -2.73. The van der Waals surface area contributed by atoms with Gasteiger partial charge in [0, 0.05) is 68.8 Å². The summed E-state index contributed by atoms with van der Waals surface area (Å²) in [4.78, 5) is 13.9. The maximum absolute atomic E-state index is 4.86. The molecule has 4 heterocycles. The van der Waals surface area contributed by atoms with E-state index in [1.165, 1.54) is 11.1 Å². The van der Waals surface area contributed by atoms with E-state index in [-0.39, 0.29) is 0 Å². The van der Waals surface area contributed by atoms with Crippen molar-refractivity contribution in [1.82, 2.24) is 24.6 Å². The highest BCUT2D eigenvalue weighted by molar-refractivity contribution is 5.48. The van der Waals surface area contributed by atoms with Crippen molar-refractivity contribution in [2.24, 2.45) is 0 Å². The Morgan fingerprint density at radius 1 is 1.00 bits per heavy atom. The van der Waals surface area contributed by atoms with Crippen molar-refractivity contribution in [1.29, 1.82) is 0 Å². The normalized spacial score (nSPS) is 14.9. The Labute approximate surface area is 154 Å². The first-order valence-electron chi connectivity index (χ1n) is 9.08. The Morgan fingerprint density at radius 2 is 1.88 bits per heavy atom. The van der Waals surface area contributed by atoms with Crippen LogP contribution in [-0.2, 0) is 19.6 Å². The fourth-order valence-electron chi connectivity index (χ4n) is 3.41. The number of fused-ring (bicyclic) bond motifs is 1. The lowest BCUT2D eigenvalue weighted by Gasteiger charge is -2.24. The summed E-state index contributed by atoms with van der Waals surface area (Å²) in [5.74, 6) is 1.12. The second kappa shape index (κ2) is 7.66. The predicted octanol–water partition coefficient (Wildman–Crippen LogP) is 2.50. The van der Waals surface area contributed by atoms with Gasteiger partial charge in [-0.2, -0.15) is 5.10 Å². The van der Waals surface area contributed by atoms with Gasteiger partial charge in [0.25, 0.3) is 0 Å². The Kier molecular flexibility index (Phi) is 4.93. The zero-order valence-electron chi connectivity index (χ0n) is 15.1. The molecule has 6 nitrogen and oxygen atoms in total. The van der Waals surface area contributed by atoms with Gasteiger partial charge in [-0.25, -0.2) is 4.98 Å². The molecule has 0 saturated heterocycles. The Bertz CT molecular complexity index is 831. The van der Waals surface area contributed by atoms with Crippen molar-refractivity contribution in [3.63, 3.8) is 0 Å². The van der Waals surface area contributed by atoms with Gasteiger partial charge in [-0.3, -0.25) is 14.6 Å². The maximum atomic E-state index is 4.86. The molecule has 1 aliphatic rings.